The van der Waals surface area contributed by atoms with E-state index >= 15 is 0 Å². The first-order valence-electron chi connectivity index (χ1n) is 15.6. The smallest absolute Gasteiger partial charge is 0.392 e. The molecule has 3 nitrogen and oxygen atoms in total. The number of quaternary nitrogens is 1. The molecule has 0 rings (SSSR count). The van der Waals surface area contributed by atoms with Gasteiger partial charge in [-0.2, -0.15) is 0 Å². The van der Waals surface area contributed by atoms with Gasteiger partial charge in [-0.1, -0.05) is 123 Å². The fourth-order valence-electron chi connectivity index (χ4n) is 5.47. The summed E-state index contributed by atoms with van der Waals surface area (Å²) in [5.74, 6) is -0.232. The number of carbonyl (C=O) groups is 1. The molecule has 0 aromatic rings. The second-order valence-corrected chi connectivity index (χ2v) is 11.3. The molecule has 0 aliphatic heterocycles. The van der Waals surface area contributed by atoms with Crippen LogP contribution in [0.25, 0.3) is 0 Å². The quantitative estimate of drug-likeness (QED) is 0.0489. The van der Waals surface area contributed by atoms with Gasteiger partial charge in [0.1, 0.15) is 18.6 Å². The molecule has 0 spiro atoms. The minimum Gasteiger partial charge on any atom is -1.00 e. The van der Waals surface area contributed by atoms with Crippen LogP contribution in [0.1, 0.15) is 170 Å². The standard InChI is InChI=1S/C32H64NO2.BrH/c1-8-11-13-15-17-19-21-23-25-27-30(6)33(10-3,35-32(34)29(4)5)31(7)28-26-24-22-20-18-16-14-12-9-2;/h30-31H,4,8-28H2,1-3,5-7H3;1H/q+1;/p-1. The van der Waals surface area contributed by atoms with Gasteiger partial charge in [0.05, 0.1) is 0 Å². The number of rotatable bonds is 25. The second kappa shape index (κ2) is 25.0. The summed E-state index contributed by atoms with van der Waals surface area (Å²) in [5, 5.41) is 0. The van der Waals surface area contributed by atoms with Crippen LogP contribution in [-0.2, 0) is 9.63 Å². The zero-order valence-electron chi connectivity index (χ0n) is 25.4. The Labute approximate surface area is 237 Å². The Bertz CT molecular complexity index is 494. The zero-order valence-corrected chi connectivity index (χ0v) is 26.9. The van der Waals surface area contributed by atoms with Crippen LogP contribution < -0.4 is 17.0 Å². The van der Waals surface area contributed by atoms with Crippen LogP contribution in [-0.4, -0.2) is 29.2 Å². The molecule has 0 fully saturated rings. The van der Waals surface area contributed by atoms with Gasteiger partial charge < -0.3 is 17.0 Å². The third kappa shape index (κ3) is 17.2. The minimum atomic E-state index is -0.232. The highest BCUT2D eigenvalue weighted by Crippen LogP contribution is 2.29. The van der Waals surface area contributed by atoms with E-state index in [2.05, 4.69) is 41.2 Å². The van der Waals surface area contributed by atoms with Crippen molar-refractivity contribution in [2.45, 2.75) is 182 Å². The van der Waals surface area contributed by atoms with Crippen molar-refractivity contribution in [1.29, 1.82) is 0 Å². The van der Waals surface area contributed by atoms with Crippen molar-refractivity contribution in [3.8, 4) is 0 Å². The molecule has 0 heterocycles. The van der Waals surface area contributed by atoms with Crippen LogP contribution in [0.15, 0.2) is 12.2 Å². The largest absolute Gasteiger partial charge is 1.00 e. The van der Waals surface area contributed by atoms with Gasteiger partial charge in [-0.3, -0.25) is 4.84 Å². The molecule has 216 valence electrons. The predicted octanol–water partition coefficient (Wildman–Crippen LogP) is 7.48. The molecule has 0 aromatic heterocycles. The van der Waals surface area contributed by atoms with Gasteiger partial charge in [0.15, 0.2) is 0 Å². The maximum Gasteiger partial charge on any atom is 0.392 e. The number of carbonyl (C=O) groups excluding carboxylic acids is 1. The SMILES string of the molecule is C=C(C)C(=O)O[N+](CC)(C(C)CCCCCCCCCCC)C(C)CCCCCCCCCCC.[Br-]. The van der Waals surface area contributed by atoms with Crippen LogP contribution in [0.4, 0.5) is 0 Å². The fraction of sp³-hybridized carbons (Fsp3) is 0.906. The zero-order chi connectivity index (χ0) is 26.4. The minimum absolute atomic E-state index is 0. The van der Waals surface area contributed by atoms with Crippen molar-refractivity contribution in [3.05, 3.63) is 12.2 Å². The molecule has 2 unspecified atom stereocenters. The third-order valence-electron chi connectivity index (χ3n) is 8.04. The molecule has 2 atom stereocenters. The van der Waals surface area contributed by atoms with Gasteiger partial charge in [0.25, 0.3) is 0 Å². The third-order valence-corrected chi connectivity index (χ3v) is 8.04. The van der Waals surface area contributed by atoms with E-state index in [0.717, 1.165) is 19.4 Å². The molecule has 0 amide bonds. The van der Waals surface area contributed by atoms with Crippen molar-refractivity contribution in [2.75, 3.05) is 6.54 Å². The molecule has 36 heavy (non-hydrogen) atoms. The number of unbranched alkanes of at least 4 members (excludes halogenated alkanes) is 16. The van der Waals surface area contributed by atoms with Crippen molar-refractivity contribution in [3.63, 3.8) is 0 Å². The number of halogens is 1. The molecule has 0 saturated carbocycles. The van der Waals surface area contributed by atoms with Gasteiger partial charge in [-0.15, -0.1) is 4.65 Å². The second-order valence-electron chi connectivity index (χ2n) is 11.3. The summed E-state index contributed by atoms with van der Waals surface area (Å²) in [5.41, 5.74) is 0.506. The van der Waals surface area contributed by atoms with Gasteiger partial charge >= 0.3 is 5.97 Å². The highest BCUT2D eigenvalue weighted by molar-refractivity contribution is 5.86. The van der Waals surface area contributed by atoms with Crippen LogP contribution >= 0.6 is 0 Å². The van der Waals surface area contributed by atoms with E-state index in [0.29, 0.717) is 22.3 Å². The van der Waals surface area contributed by atoms with E-state index in [1.54, 1.807) is 6.92 Å². The Morgan fingerprint density at radius 2 is 0.944 bits per heavy atom. The summed E-state index contributed by atoms with van der Waals surface area (Å²) in [6, 6.07) is 0.642. The Kier molecular flexibility index (Phi) is 26.2. The average Bonchev–Trinajstić information content (AvgIpc) is 2.84. The van der Waals surface area contributed by atoms with Crippen molar-refractivity contribution in [2.24, 2.45) is 0 Å². The van der Waals surface area contributed by atoms with E-state index in [9.17, 15) is 4.79 Å². The molecule has 0 aliphatic carbocycles. The highest BCUT2D eigenvalue weighted by atomic mass is 79.9. The van der Waals surface area contributed by atoms with Gasteiger partial charge in [0.2, 0.25) is 0 Å². The Morgan fingerprint density at radius 3 is 1.22 bits per heavy atom. The van der Waals surface area contributed by atoms with E-state index in [-0.39, 0.29) is 23.0 Å². The van der Waals surface area contributed by atoms with Crippen LogP contribution in [0.3, 0.4) is 0 Å². The number of hydrogen-bond acceptors (Lipinski definition) is 2. The lowest BCUT2D eigenvalue weighted by Crippen LogP contribution is -3.00. The maximum absolute atomic E-state index is 12.6. The first kappa shape index (κ1) is 37.8. The Hall–Kier alpha value is -0.350. The molecule has 0 saturated heterocycles. The molecule has 0 N–H and O–H groups in total. The van der Waals surface area contributed by atoms with E-state index in [1.807, 2.05) is 0 Å². The Morgan fingerprint density at radius 1 is 0.639 bits per heavy atom. The van der Waals surface area contributed by atoms with E-state index < -0.39 is 0 Å². The van der Waals surface area contributed by atoms with E-state index in [1.165, 1.54) is 116 Å². The van der Waals surface area contributed by atoms with Crippen LogP contribution in [0.5, 0.6) is 0 Å². The van der Waals surface area contributed by atoms with Crippen molar-refractivity contribution >= 4 is 5.97 Å². The summed E-state index contributed by atoms with van der Waals surface area (Å²) < 4.78 is 0.458. The first-order valence-corrected chi connectivity index (χ1v) is 15.6. The highest BCUT2D eigenvalue weighted by Gasteiger charge is 2.42. The first-order chi connectivity index (χ1) is 16.9. The molecular formula is C32H64BrNO2. The summed E-state index contributed by atoms with van der Waals surface area (Å²) in [6.45, 7) is 17.8. The van der Waals surface area contributed by atoms with Crippen LogP contribution in [0.2, 0.25) is 0 Å². The van der Waals surface area contributed by atoms with Gasteiger partial charge in [-0.25, -0.2) is 4.79 Å². The average molecular weight is 575 g/mol. The number of hydroxylamine groups is 3. The topological polar surface area (TPSA) is 26.3 Å². The lowest BCUT2D eigenvalue weighted by atomic mass is 10.0. The molecule has 0 aromatic carbocycles. The summed E-state index contributed by atoms with van der Waals surface area (Å²) in [4.78, 5) is 18.9. The summed E-state index contributed by atoms with van der Waals surface area (Å²) in [7, 11) is 0. The molecule has 0 radical (unpaired) electrons. The number of hydrogen-bond donors (Lipinski definition) is 0. The molecule has 4 heteroatoms. The van der Waals surface area contributed by atoms with Crippen molar-refractivity contribution in [1.82, 2.24) is 0 Å². The lowest BCUT2D eigenvalue weighted by molar-refractivity contribution is -1.12. The summed E-state index contributed by atoms with van der Waals surface area (Å²) in [6.07, 6.45) is 26.5. The van der Waals surface area contributed by atoms with E-state index in [4.69, 9.17) is 4.84 Å². The Balaban J connectivity index is 0. The maximum atomic E-state index is 12.6. The van der Waals surface area contributed by atoms with Gasteiger partial charge in [0, 0.05) is 18.4 Å². The lowest BCUT2D eigenvalue weighted by Gasteiger charge is -2.43. The van der Waals surface area contributed by atoms with Crippen LogP contribution in [0, 0.1) is 0 Å². The molecule has 0 bridgehead atoms. The fourth-order valence-corrected chi connectivity index (χ4v) is 5.47. The summed E-state index contributed by atoms with van der Waals surface area (Å²) >= 11 is 0. The van der Waals surface area contributed by atoms with Gasteiger partial charge in [-0.05, 0) is 40.5 Å². The predicted molar refractivity (Wildman–Crippen MR) is 154 cm³/mol. The number of nitrogens with zero attached hydrogens (tertiary/aromatic N) is 1. The monoisotopic (exact) mass is 573 g/mol. The van der Waals surface area contributed by atoms with Crippen molar-refractivity contribution < 1.29 is 31.3 Å². The molecular weight excluding hydrogens is 510 g/mol. The normalized spacial score (nSPS) is 14.5. The molecule has 0 aliphatic rings.